The van der Waals surface area contributed by atoms with E-state index in [0.29, 0.717) is 0 Å². The molecule has 0 radical (unpaired) electrons. The summed E-state index contributed by atoms with van der Waals surface area (Å²) >= 11 is 0. The maximum atomic E-state index is 5.14. The van der Waals surface area contributed by atoms with Crippen LogP contribution in [0.2, 0.25) is 0 Å². The smallest absolute Gasteiger partial charge is 0 e. The summed E-state index contributed by atoms with van der Waals surface area (Å²) in [7, 11) is 0. The van der Waals surface area contributed by atoms with Gasteiger partial charge in [-0.25, -0.2) is 0 Å². The molecule has 2 N–H and O–H groups in total. The normalized spacial score (nSPS) is 8.40. The highest BCUT2D eigenvalue weighted by Gasteiger charge is 1.67. The number of hydrogen-bond acceptors (Lipinski definition) is 1. The molecule has 0 aliphatic heterocycles. The Kier molecular flexibility index (Phi) is 3.93. The van der Waals surface area contributed by atoms with Crippen LogP contribution in [0.5, 0.6) is 0 Å². The Morgan fingerprint density at radius 2 is 2.40 bits per heavy atom. The van der Waals surface area contributed by atoms with Crippen molar-refractivity contribution in [2.75, 3.05) is 6.54 Å². The molecule has 0 fully saturated rings. The van der Waals surface area contributed by atoms with Crippen molar-refractivity contribution in [1.82, 2.24) is 0 Å². The lowest BCUT2D eigenvalue weighted by atomic mass is 10.3. The van der Waals surface area contributed by atoms with Gasteiger partial charge in [0.15, 0.2) is 0 Å². The van der Waals surface area contributed by atoms with Crippen LogP contribution in [0.4, 0.5) is 0 Å². The summed E-state index contributed by atoms with van der Waals surface area (Å²) in [6, 6.07) is 0. The topological polar surface area (TPSA) is 26.0 Å². The summed E-state index contributed by atoms with van der Waals surface area (Å²) < 4.78 is 0. The van der Waals surface area contributed by atoms with Crippen LogP contribution < -0.4 is 5.73 Å². The lowest BCUT2D eigenvalue weighted by Gasteiger charge is -1.80. The molecule has 54 valence electrons. The minimum Gasteiger partial charge on any atom is -0.330 e. The van der Waals surface area contributed by atoms with E-state index in [9.17, 15) is 0 Å². The molecule has 0 aliphatic rings. The molecule has 0 aromatic rings. The highest BCUT2D eigenvalue weighted by atomic mass is 14.5. The fraction of sp³-hybridized carbons (Fsp3) is 1.00. The molecule has 0 unspecified atom stereocenters. The van der Waals surface area contributed by atoms with Gasteiger partial charge in [0.1, 0.15) is 0 Å². The quantitative estimate of drug-likeness (QED) is 0.558. The van der Waals surface area contributed by atoms with Gasteiger partial charge in [0.2, 0.25) is 0 Å². The van der Waals surface area contributed by atoms with Crippen molar-refractivity contribution >= 4 is 0 Å². The largest absolute Gasteiger partial charge is 0.330 e. The van der Waals surface area contributed by atoms with Crippen molar-refractivity contribution in [1.29, 1.82) is 0 Å². The van der Waals surface area contributed by atoms with E-state index >= 15 is 0 Å². The van der Waals surface area contributed by atoms with Crippen molar-refractivity contribution in [2.45, 2.75) is 19.8 Å². The van der Waals surface area contributed by atoms with Gasteiger partial charge >= 0.3 is 0 Å². The van der Waals surface area contributed by atoms with Crippen LogP contribution in [0.15, 0.2) is 0 Å². The lowest BCUT2D eigenvalue weighted by Crippen LogP contribution is -1.95. The SMILES string of the molecule is CCCCN.[HH].[HH].[HH].[HH].[HH].[HH].[HH].[HH].[HH].[HH].[HH]. The van der Waals surface area contributed by atoms with Gasteiger partial charge in [-0.1, -0.05) is 13.3 Å². The van der Waals surface area contributed by atoms with E-state index < -0.39 is 0 Å². The van der Waals surface area contributed by atoms with Crippen LogP contribution in [0.1, 0.15) is 35.5 Å². The van der Waals surface area contributed by atoms with E-state index in [1.807, 2.05) is 0 Å². The molecular formula is C4H33N. The van der Waals surface area contributed by atoms with Gasteiger partial charge in [0, 0.05) is 15.7 Å². The molecule has 0 amide bonds. The number of nitrogens with two attached hydrogens (primary N) is 1. The Morgan fingerprint density at radius 3 is 2.40 bits per heavy atom. The standard InChI is InChI=1S/C4H11N.11H2/c1-2-3-4-5;;;;;;;;;;;/h2-5H2,1H3;11*1H. The van der Waals surface area contributed by atoms with Gasteiger partial charge < -0.3 is 5.73 Å². The summed E-state index contributed by atoms with van der Waals surface area (Å²) in [5, 5.41) is 0. The van der Waals surface area contributed by atoms with E-state index in [-0.39, 0.29) is 15.7 Å². The van der Waals surface area contributed by atoms with Crippen LogP contribution in [0.3, 0.4) is 0 Å². The van der Waals surface area contributed by atoms with E-state index in [1.54, 1.807) is 0 Å². The number of rotatable bonds is 2. The van der Waals surface area contributed by atoms with E-state index in [4.69, 9.17) is 5.73 Å². The summed E-state index contributed by atoms with van der Waals surface area (Å²) in [6.07, 6.45) is 2.39. The molecule has 0 spiro atoms. The van der Waals surface area contributed by atoms with Gasteiger partial charge in [-0.2, -0.15) is 0 Å². The monoisotopic (exact) mass is 95.3 g/mol. The molecule has 0 saturated heterocycles. The summed E-state index contributed by atoms with van der Waals surface area (Å²) in [6.45, 7) is 2.98. The molecule has 0 heterocycles. The fourth-order valence-corrected chi connectivity index (χ4v) is 0.204. The second-order valence-electron chi connectivity index (χ2n) is 1.14. The van der Waals surface area contributed by atoms with Crippen LogP contribution in [0.25, 0.3) is 0 Å². The lowest BCUT2D eigenvalue weighted by molar-refractivity contribution is 0.807. The number of unbranched alkanes of at least 4 members (excludes halogenated alkanes) is 1. The zero-order chi connectivity index (χ0) is 4.12. The third kappa shape index (κ3) is 3.96. The Bertz CT molecular complexity index is 25.5. The zero-order valence-corrected chi connectivity index (χ0v) is 3.70. The summed E-state index contributed by atoms with van der Waals surface area (Å²) in [5.41, 5.74) is 5.14. The second-order valence-corrected chi connectivity index (χ2v) is 1.14. The molecule has 5 heavy (non-hydrogen) atoms. The van der Waals surface area contributed by atoms with Gasteiger partial charge in [0.25, 0.3) is 0 Å². The van der Waals surface area contributed by atoms with Gasteiger partial charge in [0.05, 0.1) is 0 Å². The van der Waals surface area contributed by atoms with E-state index in [2.05, 4.69) is 6.92 Å². The highest BCUT2D eigenvalue weighted by Crippen LogP contribution is 1.77. The zero-order valence-electron chi connectivity index (χ0n) is 3.70. The molecule has 1 nitrogen and oxygen atoms in total. The van der Waals surface area contributed by atoms with E-state index in [0.717, 1.165) is 6.54 Å². The second kappa shape index (κ2) is 3.96. The Labute approximate surface area is 49.5 Å². The van der Waals surface area contributed by atoms with Crippen LogP contribution in [-0.2, 0) is 0 Å². The van der Waals surface area contributed by atoms with E-state index in [1.165, 1.54) is 12.8 Å². The first-order valence-electron chi connectivity index (χ1n) is 2.12. The fourth-order valence-electron chi connectivity index (χ4n) is 0.204. The van der Waals surface area contributed by atoms with Crippen molar-refractivity contribution in [3.8, 4) is 0 Å². The minimum atomic E-state index is 0. The molecular weight excluding hydrogens is 62.1 g/mol. The van der Waals surface area contributed by atoms with Crippen molar-refractivity contribution in [3.63, 3.8) is 0 Å². The Hall–Kier alpha value is -0.0400. The van der Waals surface area contributed by atoms with Crippen molar-refractivity contribution in [3.05, 3.63) is 0 Å². The first-order valence-corrected chi connectivity index (χ1v) is 2.12. The molecule has 0 aromatic heterocycles. The third-order valence-electron chi connectivity index (χ3n) is 0.558. The van der Waals surface area contributed by atoms with Crippen LogP contribution in [0, 0.1) is 0 Å². The minimum absolute atomic E-state index is 0. The van der Waals surface area contributed by atoms with Gasteiger partial charge in [-0.15, -0.1) is 0 Å². The third-order valence-corrected chi connectivity index (χ3v) is 0.558. The maximum absolute atomic E-state index is 5.14. The Morgan fingerprint density at radius 1 is 1.80 bits per heavy atom. The predicted octanol–water partition coefficient (Wildman–Crippen LogP) is 3.45. The predicted molar refractivity (Wildman–Crippen MR) is 47.2 cm³/mol. The van der Waals surface area contributed by atoms with Crippen LogP contribution >= 0.6 is 0 Å². The Balaban J connectivity index is -0.00000000145. The average Bonchev–Trinajstić information content (AvgIpc) is 1.41. The van der Waals surface area contributed by atoms with Crippen molar-refractivity contribution < 1.29 is 15.7 Å². The first kappa shape index (κ1) is 4.96. The van der Waals surface area contributed by atoms with Gasteiger partial charge in [-0.3, -0.25) is 0 Å². The molecule has 0 saturated carbocycles. The first-order chi connectivity index (χ1) is 2.41. The summed E-state index contributed by atoms with van der Waals surface area (Å²) in [5.74, 6) is 0. The van der Waals surface area contributed by atoms with Crippen LogP contribution in [-0.4, -0.2) is 6.54 Å². The molecule has 0 rings (SSSR count). The molecule has 0 aromatic carbocycles. The summed E-state index contributed by atoms with van der Waals surface area (Å²) in [4.78, 5) is 0. The van der Waals surface area contributed by atoms with Gasteiger partial charge in [-0.05, 0) is 13.0 Å². The molecule has 0 atom stereocenters. The van der Waals surface area contributed by atoms with Crippen molar-refractivity contribution in [2.24, 2.45) is 5.73 Å². The number of hydrogen-bond donors (Lipinski definition) is 1. The maximum Gasteiger partial charge on any atom is 0 e. The highest BCUT2D eigenvalue weighted by molar-refractivity contribution is 4.29. The average molecular weight is 95.3 g/mol. The molecule has 0 bridgehead atoms. The molecule has 0 aliphatic carbocycles. The molecule has 1 heteroatoms.